The molecule has 1 unspecified atom stereocenters. The van der Waals surface area contributed by atoms with Gasteiger partial charge in [0.15, 0.2) is 11.9 Å². The average molecular weight is 278 g/mol. The lowest BCUT2D eigenvalue weighted by Gasteiger charge is -2.29. The van der Waals surface area contributed by atoms with Crippen LogP contribution in [0.5, 0.6) is 0 Å². The van der Waals surface area contributed by atoms with Gasteiger partial charge in [-0.3, -0.25) is 9.69 Å². The first-order chi connectivity index (χ1) is 9.16. The van der Waals surface area contributed by atoms with Gasteiger partial charge in [0.1, 0.15) is 5.82 Å². The van der Waals surface area contributed by atoms with Crippen LogP contribution in [0.4, 0.5) is 4.39 Å². The van der Waals surface area contributed by atoms with Crippen LogP contribution in [0.3, 0.4) is 0 Å². The minimum Gasteiger partial charge on any atom is -0.289 e. The minimum absolute atomic E-state index is 0.187. The van der Waals surface area contributed by atoms with Crippen molar-refractivity contribution in [3.8, 4) is 0 Å². The molecule has 1 amide bonds. The summed E-state index contributed by atoms with van der Waals surface area (Å²) in [6, 6.07) is 3.22. The van der Waals surface area contributed by atoms with Gasteiger partial charge in [-0.05, 0) is 18.2 Å². The van der Waals surface area contributed by atoms with E-state index < -0.39 is 11.9 Å². The summed E-state index contributed by atoms with van der Waals surface area (Å²) < 4.78 is 13.8. The molecule has 0 aromatic heterocycles. The summed E-state index contributed by atoms with van der Waals surface area (Å²) in [5, 5.41) is 8.15. The maximum absolute atomic E-state index is 13.8. The van der Waals surface area contributed by atoms with E-state index in [-0.39, 0.29) is 16.5 Å². The summed E-state index contributed by atoms with van der Waals surface area (Å²) in [4.78, 5) is 13.8. The molecule has 0 saturated heterocycles. The van der Waals surface area contributed by atoms with Crippen LogP contribution in [-0.2, 0) is 4.79 Å². The topological polar surface area (TPSA) is 45.0 Å². The van der Waals surface area contributed by atoms with Crippen molar-refractivity contribution in [1.29, 1.82) is 0 Å². The van der Waals surface area contributed by atoms with Gasteiger partial charge in [-0.1, -0.05) is 29.8 Å². The second-order valence-corrected chi connectivity index (χ2v) is 4.62. The molecule has 0 bridgehead atoms. The largest absolute Gasteiger partial charge is 0.289 e. The second kappa shape index (κ2) is 4.59. The van der Waals surface area contributed by atoms with Crippen molar-refractivity contribution in [1.82, 2.24) is 4.90 Å². The highest BCUT2D eigenvalue weighted by molar-refractivity contribution is 6.30. The third-order valence-corrected chi connectivity index (χ3v) is 3.21. The molecule has 96 valence electrons. The number of halogens is 2. The SMILES string of the molecule is O=C1C(c2ccc(Cl)cc2F)N=NC2=CC=CCN12. The maximum Gasteiger partial charge on any atom is 0.259 e. The standard InChI is InChI=1S/C13H9ClFN3O/c14-8-4-5-9(10(15)7-8)12-13(19)18-6-2-1-3-11(18)16-17-12/h1-5,7,12H,6H2. The molecule has 1 atom stereocenters. The first kappa shape index (κ1) is 12.0. The number of benzene rings is 1. The van der Waals surface area contributed by atoms with E-state index in [4.69, 9.17) is 11.6 Å². The number of nitrogens with zero attached hydrogens (tertiary/aromatic N) is 3. The van der Waals surface area contributed by atoms with Crippen LogP contribution in [0.25, 0.3) is 0 Å². The van der Waals surface area contributed by atoms with E-state index in [0.29, 0.717) is 12.4 Å². The zero-order valence-corrected chi connectivity index (χ0v) is 10.5. The molecule has 2 aliphatic rings. The van der Waals surface area contributed by atoms with Crippen molar-refractivity contribution in [3.63, 3.8) is 0 Å². The Morgan fingerprint density at radius 1 is 1.42 bits per heavy atom. The Morgan fingerprint density at radius 3 is 3.05 bits per heavy atom. The van der Waals surface area contributed by atoms with E-state index in [1.807, 2.05) is 6.08 Å². The fourth-order valence-corrected chi connectivity index (χ4v) is 2.19. The Kier molecular flexibility index (Phi) is 2.91. The van der Waals surface area contributed by atoms with Crippen LogP contribution in [-0.4, -0.2) is 17.4 Å². The van der Waals surface area contributed by atoms with Gasteiger partial charge in [0.2, 0.25) is 0 Å². The smallest absolute Gasteiger partial charge is 0.259 e. The number of carbonyl (C=O) groups excluding carboxylic acids is 1. The highest BCUT2D eigenvalue weighted by Crippen LogP contribution is 2.31. The fraction of sp³-hybridized carbons (Fsp3) is 0.154. The first-order valence-corrected chi connectivity index (χ1v) is 6.08. The van der Waals surface area contributed by atoms with Crippen LogP contribution in [0, 0.1) is 5.82 Å². The normalized spacial score (nSPS) is 21.4. The van der Waals surface area contributed by atoms with Crippen LogP contribution < -0.4 is 0 Å². The predicted octanol–water partition coefficient (Wildman–Crippen LogP) is 3.23. The number of azo groups is 1. The molecule has 0 saturated carbocycles. The fourth-order valence-electron chi connectivity index (χ4n) is 2.03. The highest BCUT2D eigenvalue weighted by atomic mass is 35.5. The number of rotatable bonds is 1. The predicted molar refractivity (Wildman–Crippen MR) is 67.9 cm³/mol. The number of allylic oxidation sites excluding steroid dienone is 2. The van der Waals surface area contributed by atoms with Crippen molar-refractivity contribution in [2.24, 2.45) is 10.2 Å². The molecule has 3 rings (SSSR count). The maximum atomic E-state index is 13.8. The van der Waals surface area contributed by atoms with Gasteiger partial charge in [-0.2, -0.15) is 5.11 Å². The minimum atomic E-state index is -0.944. The van der Waals surface area contributed by atoms with E-state index in [2.05, 4.69) is 10.2 Å². The summed E-state index contributed by atoms with van der Waals surface area (Å²) in [5.74, 6) is -0.352. The van der Waals surface area contributed by atoms with Gasteiger partial charge >= 0.3 is 0 Å². The lowest BCUT2D eigenvalue weighted by atomic mass is 10.0. The molecule has 0 spiro atoms. The van der Waals surface area contributed by atoms with Crippen LogP contribution in [0.1, 0.15) is 11.6 Å². The van der Waals surface area contributed by atoms with E-state index in [9.17, 15) is 9.18 Å². The van der Waals surface area contributed by atoms with E-state index in [1.165, 1.54) is 23.1 Å². The Bertz CT molecular complexity index is 639. The zero-order chi connectivity index (χ0) is 13.4. The molecule has 2 aliphatic heterocycles. The highest BCUT2D eigenvalue weighted by Gasteiger charge is 2.33. The van der Waals surface area contributed by atoms with Crippen LogP contribution >= 0.6 is 11.6 Å². The molecule has 1 aromatic carbocycles. The number of fused-ring (bicyclic) bond motifs is 1. The quantitative estimate of drug-likeness (QED) is 0.777. The van der Waals surface area contributed by atoms with Crippen LogP contribution in [0.2, 0.25) is 5.02 Å². The zero-order valence-electron chi connectivity index (χ0n) is 9.75. The molecular weight excluding hydrogens is 269 g/mol. The summed E-state index contributed by atoms with van der Waals surface area (Å²) in [7, 11) is 0. The monoisotopic (exact) mass is 277 g/mol. The first-order valence-electron chi connectivity index (χ1n) is 5.71. The summed E-state index contributed by atoms with van der Waals surface area (Å²) in [6.45, 7) is 0.426. The van der Waals surface area contributed by atoms with Gasteiger partial charge in [0.25, 0.3) is 5.91 Å². The van der Waals surface area contributed by atoms with Crippen molar-refractivity contribution in [3.05, 3.63) is 58.7 Å². The van der Waals surface area contributed by atoms with Crippen molar-refractivity contribution in [2.45, 2.75) is 6.04 Å². The van der Waals surface area contributed by atoms with E-state index in [1.54, 1.807) is 12.2 Å². The molecule has 2 heterocycles. The molecule has 0 radical (unpaired) electrons. The van der Waals surface area contributed by atoms with Crippen molar-refractivity contribution < 1.29 is 9.18 Å². The van der Waals surface area contributed by atoms with Gasteiger partial charge < -0.3 is 0 Å². The molecule has 0 fully saturated rings. The Balaban J connectivity index is 2.01. The Hall–Kier alpha value is -2.01. The molecular formula is C13H9ClFN3O. The van der Waals surface area contributed by atoms with Gasteiger partial charge in [-0.15, -0.1) is 5.11 Å². The lowest BCUT2D eigenvalue weighted by Crippen LogP contribution is -2.37. The lowest BCUT2D eigenvalue weighted by molar-refractivity contribution is -0.131. The van der Waals surface area contributed by atoms with Crippen LogP contribution in [0.15, 0.2) is 52.5 Å². The molecule has 0 N–H and O–H groups in total. The molecule has 4 nitrogen and oxygen atoms in total. The molecule has 6 heteroatoms. The van der Waals surface area contributed by atoms with Crippen molar-refractivity contribution >= 4 is 17.5 Å². The van der Waals surface area contributed by atoms with Crippen molar-refractivity contribution in [2.75, 3.05) is 6.54 Å². The van der Waals surface area contributed by atoms with E-state index in [0.717, 1.165) is 0 Å². The third kappa shape index (κ3) is 2.06. The van der Waals surface area contributed by atoms with E-state index >= 15 is 0 Å². The third-order valence-electron chi connectivity index (χ3n) is 2.98. The number of hydrogen-bond acceptors (Lipinski definition) is 3. The summed E-state index contributed by atoms with van der Waals surface area (Å²) in [6.07, 6.45) is 5.33. The summed E-state index contributed by atoms with van der Waals surface area (Å²) >= 11 is 5.70. The Labute approximate surface area is 113 Å². The Morgan fingerprint density at radius 2 is 2.26 bits per heavy atom. The number of hydrogen-bond donors (Lipinski definition) is 0. The molecule has 0 aliphatic carbocycles. The second-order valence-electron chi connectivity index (χ2n) is 4.19. The molecule has 19 heavy (non-hydrogen) atoms. The molecule has 1 aromatic rings. The average Bonchev–Trinajstić information content (AvgIpc) is 2.41. The van der Waals surface area contributed by atoms with Gasteiger partial charge in [-0.25, -0.2) is 4.39 Å². The van der Waals surface area contributed by atoms with Gasteiger partial charge in [0, 0.05) is 17.1 Å². The summed E-state index contributed by atoms with van der Waals surface area (Å²) in [5.41, 5.74) is 0.187. The number of amides is 1. The van der Waals surface area contributed by atoms with Gasteiger partial charge in [0.05, 0.1) is 0 Å². The number of carbonyl (C=O) groups is 1.